The van der Waals surface area contributed by atoms with Crippen LogP contribution in [0.5, 0.6) is 17.2 Å². The van der Waals surface area contributed by atoms with Crippen molar-refractivity contribution in [3.8, 4) is 17.2 Å². The van der Waals surface area contributed by atoms with Crippen LogP contribution in [0, 0.1) is 0 Å². The Kier molecular flexibility index (Phi) is 5.34. The van der Waals surface area contributed by atoms with Gasteiger partial charge in [0, 0.05) is 16.1 Å². The van der Waals surface area contributed by atoms with E-state index >= 15 is 0 Å². The summed E-state index contributed by atoms with van der Waals surface area (Å²) in [6, 6.07) is 10.0. The second-order valence-electron chi connectivity index (χ2n) is 5.52. The first kappa shape index (κ1) is 18.5. The molecule has 3 rings (SSSR count). The lowest BCUT2D eigenvalue weighted by molar-refractivity contribution is -0.133. The largest absolute Gasteiger partial charge is 0.496 e. The summed E-state index contributed by atoms with van der Waals surface area (Å²) in [7, 11) is 1.55. The van der Waals surface area contributed by atoms with E-state index in [0.717, 1.165) is 4.47 Å². The van der Waals surface area contributed by atoms with Gasteiger partial charge in [0.05, 0.1) is 12.7 Å². The number of carbonyl (C=O) groups excluding carboxylic acids is 2. The lowest BCUT2D eigenvalue weighted by Gasteiger charge is -2.07. The van der Waals surface area contributed by atoms with Crippen LogP contribution in [0.4, 0.5) is 0 Å². The van der Waals surface area contributed by atoms with E-state index in [9.17, 15) is 9.59 Å². The molecule has 1 atom stereocenters. The van der Waals surface area contributed by atoms with Crippen molar-refractivity contribution in [1.82, 2.24) is 0 Å². The summed E-state index contributed by atoms with van der Waals surface area (Å²) in [4.78, 5) is 24.1. The third kappa shape index (κ3) is 3.76. The molecule has 0 aromatic heterocycles. The molecule has 2 aromatic rings. The zero-order valence-corrected chi connectivity index (χ0v) is 16.3. The predicted octanol–water partition coefficient (Wildman–Crippen LogP) is 4.61. The van der Waals surface area contributed by atoms with Crippen molar-refractivity contribution in [2.75, 3.05) is 7.11 Å². The molecule has 5 nitrogen and oxygen atoms in total. The quantitative estimate of drug-likeness (QED) is 0.303. The van der Waals surface area contributed by atoms with Crippen molar-refractivity contribution in [1.29, 1.82) is 0 Å². The summed E-state index contributed by atoms with van der Waals surface area (Å²) >= 11 is 9.08. The number of ketones is 1. The Labute approximate surface area is 163 Å². The maximum atomic E-state index is 12.6. The molecule has 0 saturated carbocycles. The number of fused-ring (bicyclic) bond motifs is 1. The SMILES string of the molecule is COc1ccc(Br)cc1/C=C1\Oc2cc(OC(=O)C(C)Cl)ccc2C1=O. The number of hydrogen-bond acceptors (Lipinski definition) is 5. The zero-order chi connectivity index (χ0) is 18.8. The Morgan fingerprint density at radius 3 is 2.73 bits per heavy atom. The van der Waals surface area contributed by atoms with Gasteiger partial charge in [-0.05, 0) is 43.3 Å². The highest BCUT2D eigenvalue weighted by Gasteiger charge is 2.28. The highest BCUT2D eigenvalue weighted by Crippen LogP contribution is 2.36. The van der Waals surface area contributed by atoms with Gasteiger partial charge in [-0.15, -0.1) is 11.6 Å². The van der Waals surface area contributed by atoms with Crippen molar-refractivity contribution in [3.63, 3.8) is 0 Å². The average molecular weight is 438 g/mol. The van der Waals surface area contributed by atoms with E-state index in [1.54, 1.807) is 25.3 Å². The van der Waals surface area contributed by atoms with Gasteiger partial charge < -0.3 is 14.2 Å². The lowest BCUT2D eigenvalue weighted by Crippen LogP contribution is -2.17. The van der Waals surface area contributed by atoms with Crippen molar-refractivity contribution < 1.29 is 23.8 Å². The molecule has 2 aromatic carbocycles. The zero-order valence-electron chi connectivity index (χ0n) is 13.9. The van der Waals surface area contributed by atoms with Crippen LogP contribution in [-0.2, 0) is 4.79 Å². The first-order valence-electron chi connectivity index (χ1n) is 7.66. The van der Waals surface area contributed by atoms with Gasteiger partial charge in [0.1, 0.15) is 22.6 Å². The van der Waals surface area contributed by atoms with Crippen molar-refractivity contribution >= 4 is 45.4 Å². The number of halogens is 2. The molecule has 134 valence electrons. The molecule has 1 unspecified atom stereocenters. The Bertz CT molecular complexity index is 920. The number of Topliss-reactive ketones (excluding diaryl/α,β-unsaturated/α-hetero) is 1. The number of rotatable bonds is 4. The number of benzene rings is 2. The first-order chi connectivity index (χ1) is 12.4. The topological polar surface area (TPSA) is 61.8 Å². The Hall–Kier alpha value is -2.31. The molecule has 1 aliphatic heterocycles. The fourth-order valence-electron chi connectivity index (χ4n) is 2.39. The molecule has 0 radical (unpaired) electrons. The maximum Gasteiger partial charge on any atom is 0.329 e. The lowest BCUT2D eigenvalue weighted by atomic mass is 10.1. The van der Waals surface area contributed by atoms with E-state index in [-0.39, 0.29) is 17.3 Å². The molecule has 0 bridgehead atoms. The number of alkyl halides is 1. The van der Waals surface area contributed by atoms with Crippen LogP contribution in [-0.4, -0.2) is 24.2 Å². The van der Waals surface area contributed by atoms with Crippen LogP contribution >= 0.6 is 27.5 Å². The van der Waals surface area contributed by atoms with Crippen LogP contribution in [0.15, 0.2) is 46.6 Å². The standard InChI is InChI=1S/C19H14BrClO5/c1-10(21)19(23)25-13-4-5-14-16(9-13)26-17(18(14)22)8-11-7-12(20)3-6-15(11)24-2/h3-10H,1-2H3/b17-8-. The van der Waals surface area contributed by atoms with Crippen molar-refractivity contribution in [2.24, 2.45) is 0 Å². The van der Waals surface area contributed by atoms with Gasteiger partial charge in [0.2, 0.25) is 5.78 Å². The van der Waals surface area contributed by atoms with Crippen LogP contribution in [0.3, 0.4) is 0 Å². The summed E-state index contributed by atoms with van der Waals surface area (Å²) < 4.78 is 16.9. The molecule has 7 heteroatoms. The van der Waals surface area contributed by atoms with Crippen LogP contribution in [0.25, 0.3) is 6.08 Å². The third-order valence-corrected chi connectivity index (χ3v) is 4.33. The molecule has 0 saturated heterocycles. The van der Waals surface area contributed by atoms with E-state index < -0.39 is 11.3 Å². The summed E-state index contributed by atoms with van der Waals surface area (Å²) in [5, 5.41) is -0.773. The number of methoxy groups -OCH3 is 1. The van der Waals surface area contributed by atoms with Gasteiger partial charge in [-0.1, -0.05) is 15.9 Å². The first-order valence-corrected chi connectivity index (χ1v) is 8.89. The van der Waals surface area contributed by atoms with Gasteiger partial charge in [0.25, 0.3) is 0 Å². The van der Waals surface area contributed by atoms with E-state index in [2.05, 4.69) is 15.9 Å². The highest BCUT2D eigenvalue weighted by molar-refractivity contribution is 9.10. The van der Waals surface area contributed by atoms with Crippen LogP contribution < -0.4 is 14.2 Å². The Morgan fingerprint density at radius 1 is 1.27 bits per heavy atom. The number of ether oxygens (including phenoxy) is 3. The minimum absolute atomic E-state index is 0.158. The molecular formula is C19H14BrClO5. The third-order valence-electron chi connectivity index (χ3n) is 3.66. The van der Waals surface area contributed by atoms with Crippen LogP contribution in [0.2, 0.25) is 0 Å². The van der Waals surface area contributed by atoms with E-state index in [4.69, 9.17) is 25.8 Å². The number of esters is 1. The van der Waals surface area contributed by atoms with Gasteiger partial charge in [-0.25, -0.2) is 0 Å². The van der Waals surface area contributed by atoms with Gasteiger partial charge in [-0.3, -0.25) is 9.59 Å². The number of carbonyl (C=O) groups is 2. The number of allylic oxidation sites excluding steroid dienone is 1. The van der Waals surface area contributed by atoms with Crippen molar-refractivity contribution in [2.45, 2.75) is 12.3 Å². The van der Waals surface area contributed by atoms with Gasteiger partial charge in [-0.2, -0.15) is 0 Å². The predicted molar refractivity (Wildman–Crippen MR) is 101 cm³/mol. The Balaban J connectivity index is 1.90. The van der Waals surface area contributed by atoms with E-state index in [1.165, 1.54) is 19.1 Å². The van der Waals surface area contributed by atoms with E-state index in [0.29, 0.717) is 22.6 Å². The summed E-state index contributed by atoms with van der Waals surface area (Å²) in [6.07, 6.45) is 1.61. The fourth-order valence-corrected chi connectivity index (χ4v) is 2.81. The molecule has 1 heterocycles. The second-order valence-corrected chi connectivity index (χ2v) is 7.09. The minimum atomic E-state index is -0.773. The van der Waals surface area contributed by atoms with E-state index in [1.807, 2.05) is 12.1 Å². The second kappa shape index (κ2) is 7.51. The van der Waals surface area contributed by atoms with Crippen molar-refractivity contribution in [3.05, 3.63) is 57.8 Å². The van der Waals surface area contributed by atoms with Gasteiger partial charge in [0.15, 0.2) is 5.76 Å². The summed E-state index contributed by atoms with van der Waals surface area (Å²) in [5.41, 5.74) is 1.09. The molecule has 0 fully saturated rings. The Morgan fingerprint density at radius 2 is 2.04 bits per heavy atom. The minimum Gasteiger partial charge on any atom is -0.496 e. The van der Waals surface area contributed by atoms with Gasteiger partial charge >= 0.3 is 5.97 Å². The average Bonchev–Trinajstić information content (AvgIpc) is 2.90. The highest BCUT2D eigenvalue weighted by atomic mass is 79.9. The smallest absolute Gasteiger partial charge is 0.329 e. The molecule has 1 aliphatic rings. The summed E-state index contributed by atoms with van der Waals surface area (Å²) in [6.45, 7) is 1.52. The molecule has 0 spiro atoms. The fraction of sp³-hybridized carbons (Fsp3) is 0.158. The monoisotopic (exact) mass is 436 g/mol. The molecule has 0 aliphatic carbocycles. The molecule has 0 amide bonds. The number of hydrogen-bond donors (Lipinski definition) is 0. The van der Waals surface area contributed by atoms with Crippen LogP contribution in [0.1, 0.15) is 22.8 Å². The molecule has 0 N–H and O–H groups in total. The molecular weight excluding hydrogens is 424 g/mol. The normalized spacial score (nSPS) is 15.4. The summed E-state index contributed by atoms with van der Waals surface area (Å²) in [5.74, 6) is 0.513. The maximum absolute atomic E-state index is 12.6. The molecule has 26 heavy (non-hydrogen) atoms.